The molecule has 2 aromatic carbocycles. The molecule has 1 aliphatic heterocycles. The normalized spacial score (nSPS) is 20.1. The Labute approximate surface area is 148 Å². The number of benzene rings is 2. The van der Waals surface area contributed by atoms with Gasteiger partial charge in [0.1, 0.15) is 0 Å². The number of amides is 2. The van der Waals surface area contributed by atoms with Crippen molar-refractivity contribution in [2.24, 2.45) is 5.73 Å². The molecule has 0 bridgehead atoms. The first-order valence-corrected chi connectivity index (χ1v) is 8.48. The SMILES string of the molecule is C[C@@H]1C[C@@H](c2ccccc2)CN1C(=O)/C=C/c1ccc(C(N)=O)cc1. The average molecular weight is 334 g/mol. The lowest BCUT2D eigenvalue weighted by Crippen LogP contribution is -2.32. The van der Waals surface area contributed by atoms with Crippen LogP contribution in [0.25, 0.3) is 6.08 Å². The van der Waals surface area contributed by atoms with Gasteiger partial charge in [0.2, 0.25) is 11.8 Å². The zero-order valence-corrected chi connectivity index (χ0v) is 14.3. The van der Waals surface area contributed by atoms with Crippen LogP contribution in [0.1, 0.15) is 40.7 Å². The summed E-state index contributed by atoms with van der Waals surface area (Å²) in [5, 5.41) is 0. The molecule has 0 radical (unpaired) electrons. The highest BCUT2D eigenvalue weighted by molar-refractivity contribution is 5.94. The number of primary amides is 1. The molecule has 25 heavy (non-hydrogen) atoms. The van der Waals surface area contributed by atoms with Crippen LogP contribution in [0, 0.1) is 0 Å². The first-order chi connectivity index (χ1) is 12.0. The number of hydrogen-bond donors (Lipinski definition) is 1. The van der Waals surface area contributed by atoms with E-state index in [2.05, 4.69) is 19.1 Å². The van der Waals surface area contributed by atoms with E-state index in [1.807, 2.05) is 23.1 Å². The van der Waals surface area contributed by atoms with Gasteiger partial charge in [0.05, 0.1) is 0 Å². The summed E-state index contributed by atoms with van der Waals surface area (Å²) in [6.45, 7) is 2.84. The van der Waals surface area contributed by atoms with Gasteiger partial charge in [-0.05, 0) is 42.7 Å². The van der Waals surface area contributed by atoms with Crippen LogP contribution in [0.2, 0.25) is 0 Å². The molecule has 0 unspecified atom stereocenters. The van der Waals surface area contributed by atoms with Gasteiger partial charge in [-0.1, -0.05) is 42.5 Å². The van der Waals surface area contributed by atoms with Crippen LogP contribution in [0.15, 0.2) is 60.7 Å². The van der Waals surface area contributed by atoms with Crippen molar-refractivity contribution in [2.45, 2.75) is 25.3 Å². The summed E-state index contributed by atoms with van der Waals surface area (Å²) >= 11 is 0. The van der Waals surface area contributed by atoms with Crippen molar-refractivity contribution >= 4 is 17.9 Å². The maximum absolute atomic E-state index is 12.5. The second-order valence-corrected chi connectivity index (χ2v) is 6.50. The molecule has 0 aromatic heterocycles. The molecule has 1 aliphatic rings. The van der Waals surface area contributed by atoms with E-state index in [0.29, 0.717) is 11.5 Å². The lowest BCUT2D eigenvalue weighted by molar-refractivity contribution is -0.126. The fraction of sp³-hybridized carbons (Fsp3) is 0.238. The third-order valence-electron chi connectivity index (χ3n) is 4.74. The Balaban J connectivity index is 1.65. The lowest BCUT2D eigenvalue weighted by atomic mass is 9.97. The molecular formula is C21H22N2O2. The predicted octanol–water partition coefficient (Wildman–Crippen LogP) is 3.20. The predicted molar refractivity (Wildman–Crippen MR) is 99.0 cm³/mol. The fourth-order valence-corrected chi connectivity index (χ4v) is 3.33. The third-order valence-corrected chi connectivity index (χ3v) is 4.74. The molecule has 1 fully saturated rings. The number of likely N-dealkylation sites (tertiary alicyclic amines) is 1. The number of carbonyl (C=O) groups is 2. The third kappa shape index (κ3) is 3.97. The van der Waals surface area contributed by atoms with Crippen molar-refractivity contribution < 1.29 is 9.59 Å². The fourth-order valence-electron chi connectivity index (χ4n) is 3.33. The van der Waals surface area contributed by atoms with Gasteiger partial charge in [-0.3, -0.25) is 9.59 Å². The minimum atomic E-state index is -0.454. The molecule has 2 N–H and O–H groups in total. The van der Waals surface area contributed by atoms with Crippen molar-refractivity contribution in [2.75, 3.05) is 6.54 Å². The van der Waals surface area contributed by atoms with Crippen LogP contribution >= 0.6 is 0 Å². The number of carbonyl (C=O) groups excluding carboxylic acids is 2. The molecule has 2 amide bonds. The summed E-state index contributed by atoms with van der Waals surface area (Å²) < 4.78 is 0. The van der Waals surface area contributed by atoms with Crippen LogP contribution in [0.3, 0.4) is 0 Å². The van der Waals surface area contributed by atoms with Crippen LogP contribution in [-0.2, 0) is 4.79 Å². The molecule has 0 spiro atoms. The molecule has 3 rings (SSSR count). The molecule has 4 heteroatoms. The van der Waals surface area contributed by atoms with Gasteiger partial charge in [0.25, 0.3) is 0 Å². The van der Waals surface area contributed by atoms with E-state index in [9.17, 15) is 9.59 Å². The zero-order chi connectivity index (χ0) is 17.8. The standard InChI is InChI=1S/C21H22N2O2/c1-15-13-19(17-5-3-2-4-6-17)14-23(15)20(24)12-9-16-7-10-18(11-8-16)21(22)25/h2-12,15,19H,13-14H2,1H3,(H2,22,25)/b12-9+/t15-,19-/m1/s1. The molecule has 0 saturated carbocycles. The maximum Gasteiger partial charge on any atom is 0.248 e. The zero-order valence-electron chi connectivity index (χ0n) is 14.3. The van der Waals surface area contributed by atoms with Gasteiger partial charge in [0.15, 0.2) is 0 Å². The summed E-state index contributed by atoms with van der Waals surface area (Å²) in [4.78, 5) is 25.5. The number of hydrogen-bond acceptors (Lipinski definition) is 2. The van der Waals surface area contributed by atoms with Gasteiger partial charge >= 0.3 is 0 Å². The van der Waals surface area contributed by atoms with Crippen molar-refractivity contribution in [1.29, 1.82) is 0 Å². The highest BCUT2D eigenvalue weighted by Gasteiger charge is 2.31. The average Bonchev–Trinajstić information content (AvgIpc) is 3.02. The molecule has 0 aliphatic carbocycles. The van der Waals surface area contributed by atoms with Crippen molar-refractivity contribution in [3.8, 4) is 0 Å². The Morgan fingerprint density at radius 3 is 2.40 bits per heavy atom. The first-order valence-electron chi connectivity index (χ1n) is 8.48. The van der Waals surface area contributed by atoms with E-state index in [-0.39, 0.29) is 11.9 Å². The summed E-state index contributed by atoms with van der Waals surface area (Å²) in [5.41, 5.74) is 7.84. The van der Waals surface area contributed by atoms with Crippen LogP contribution in [-0.4, -0.2) is 29.3 Å². The van der Waals surface area contributed by atoms with Gasteiger partial charge < -0.3 is 10.6 Å². The van der Waals surface area contributed by atoms with E-state index in [1.165, 1.54) is 5.56 Å². The van der Waals surface area contributed by atoms with Crippen molar-refractivity contribution in [3.05, 3.63) is 77.4 Å². The molecule has 128 valence electrons. The quantitative estimate of drug-likeness (QED) is 0.873. The molecular weight excluding hydrogens is 312 g/mol. The Hall–Kier alpha value is -2.88. The number of nitrogens with zero attached hydrogens (tertiary/aromatic N) is 1. The summed E-state index contributed by atoms with van der Waals surface area (Å²) in [7, 11) is 0. The van der Waals surface area contributed by atoms with E-state index in [4.69, 9.17) is 5.73 Å². The Morgan fingerprint density at radius 2 is 1.76 bits per heavy atom. The Morgan fingerprint density at radius 1 is 1.08 bits per heavy atom. The first kappa shape index (κ1) is 17.0. The molecule has 1 heterocycles. The van der Waals surface area contributed by atoms with E-state index < -0.39 is 5.91 Å². The molecule has 1 saturated heterocycles. The second-order valence-electron chi connectivity index (χ2n) is 6.50. The van der Waals surface area contributed by atoms with Gasteiger partial charge in [-0.2, -0.15) is 0 Å². The highest BCUT2D eigenvalue weighted by atomic mass is 16.2. The van der Waals surface area contributed by atoms with E-state index in [1.54, 1.807) is 36.4 Å². The molecule has 2 aromatic rings. The topological polar surface area (TPSA) is 63.4 Å². The number of nitrogens with two attached hydrogens (primary N) is 1. The van der Waals surface area contributed by atoms with E-state index in [0.717, 1.165) is 18.5 Å². The summed E-state index contributed by atoms with van der Waals surface area (Å²) in [6.07, 6.45) is 4.36. The van der Waals surface area contributed by atoms with Crippen LogP contribution < -0.4 is 5.73 Å². The van der Waals surface area contributed by atoms with Crippen LogP contribution in [0.5, 0.6) is 0 Å². The van der Waals surface area contributed by atoms with Crippen molar-refractivity contribution in [1.82, 2.24) is 4.90 Å². The smallest absolute Gasteiger partial charge is 0.248 e. The van der Waals surface area contributed by atoms with Crippen LogP contribution in [0.4, 0.5) is 0 Å². The second kappa shape index (κ2) is 7.34. The monoisotopic (exact) mass is 334 g/mol. The highest BCUT2D eigenvalue weighted by Crippen LogP contribution is 2.31. The summed E-state index contributed by atoms with van der Waals surface area (Å²) in [6, 6.07) is 17.5. The lowest BCUT2D eigenvalue weighted by Gasteiger charge is -2.19. The maximum atomic E-state index is 12.5. The van der Waals surface area contributed by atoms with Gasteiger partial charge in [-0.15, -0.1) is 0 Å². The Kier molecular flexibility index (Phi) is 4.98. The van der Waals surface area contributed by atoms with E-state index >= 15 is 0 Å². The molecule has 4 nitrogen and oxygen atoms in total. The largest absolute Gasteiger partial charge is 0.366 e. The number of rotatable bonds is 4. The molecule has 2 atom stereocenters. The van der Waals surface area contributed by atoms with Crippen molar-refractivity contribution in [3.63, 3.8) is 0 Å². The Bertz CT molecular complexity index is 781. The summed E-state index contributed by atoms with van der Waals surface area (Å²) in [5.74, 6) is -0.0437. The minimum absolute atomic E-state index is 0.0184. The van der Waals surface area contributed by atoms with Gasteiger partial charge in [0, 0.05) is 30.1 Å². The minimum Gasteiger partial charge on any atom is -0.366 e. The van der Waals surface area contributed by atoms with Gasteiger partial charge in [-0.25, -0.2) is 0 Å².